The van der Waals surface area contributed by atoms with Crippen LogP contribution in [0.25, 0.3) is 0 Å². The molecule has 5 atom stereocenters. The topological polar surface area (TPSA) is 60.2 Å². The van der Waals surface area contributed by atoms with Gasteiger partial charge < -0.3 is 4.74 Å². The van der Waals surface area contributed by atoms with Crippen LogP contribution in [0, 0.1) is 11.8 Å². The van der Waals surface area contributed by atoms with Gasteiger partial charge in [-0.2, -0.15) is 0 Å². The Hall–Kier alpha value is -0.970. The molecule has 0 saturated carbocycles. The maximum Gasteiger partial charge on any atom is 0.0597 e. The van der Waals surface area contributed by atoms with Gasteiger partial charge in [0.15, 0.2) is 0 Å². The van der Waals surface area contributed by atoms with Crippen LogP contribution in [0.4, 0.5) is 0 Å². The van der Waals surface area contributed by atoms with Crippen LogP contribution < -0.4 is 11.3 Å². The fourth-order valence-corrected chi connectivity index (χ4v) is 3.04. The molecule has 2 rings (SSSR count). The van der Waals surface area contributed by atoms with Crippen molar-refractivity contribution < 1.29 is 4.74 Å². The quantitative estimate of drug-likeness (QED) is 0.627. The molecule has 1 aromatic rings. The summed E-state index contributed by atoms with van der Waals surface area (Å²) in [5, 5.41) is 0. The first-order chi connectivity index (χ1) is 8.63. The van der Waals surface area contributed by atoms with Crippen molar-refractivity contribution in [3.63, 3.8) is 0 Å². The van der Waals surface area contributed by atoms with Gasteiger partial charge in [0.1, 0.15) is 0 Å². The second-order valence-electron chi connectivity index (χ2n) is 5.28. The van der Waals surface area contributed by atoms with Gasteiger partial charge in [-0.25, -0.2) is 0 Å². The zero-order valence-electron chi connectivity index (χ0n) is 11.3. The molecular formula is C14H23N3O. The Bertz CT molecular complexity index is 371. The molecule has 1 fully saturated rings. The van der Waals surface area contributed by atoms with Crippen LogP contribution in [-0.4, -0.2) is 23.2 Å². The molecule has 1 aliphatic heterocycles. The van der Waals surface area contributed by atoms with Crippen molar-refractivity contribution in [2.45, 2.75) is 45.4 Å². The summed E-state index contributed by atoms with van der Waals surface area (Å²) in [6, 6.07) is 6.19. The highest BCUT2D eigenvalue weighted by Gasteiger charge is 2.41. The van der Waals surface area contributed by atoms with Crippen LogP contribution >= 0.6 is 0 Å². The predicted octanol–water partition coefficient (Wildman–Crippen LogP) is 1.52. The van der Waals surface area contributed by atoms with Crippen molar-refractivity contribution >= 4 is 0 Å². The summed E-state index contributed by atoms with van der Waals surface area (Å²) < 4.78 is 5.89. The van der Waals surface area contributed by atoms with Gasteiger partial charge in [-0.1, -0.05) is 13.0 Å². The van der Waals surface area contributed by atoms with Gasteiger partial charge in [-0.3, -0.25) is 16.3 Å². The minimum atomic E-state index is 0.204. The van der Waals surface area contributed by atoms with E-state index >= 15 is 0 Å². The summed E-state index contributed by atoms with van der Waals surface area (Å²) in [7, 11) is 0. The predicted molar refractivity (Wildman–Crippen MR) is 71.7 cm³/mol. The van der Waals surface area contributed by atoms with Gasteiger partial charge in [-0.15, -0.1) is 0 Å². The van der Waals surface area contributed by atoms with Gasteiger partial charge in [0.05, 0.1) is 12.2 Å². The minimum absolute atomic E-state index is 0.204. The van der Waals surface area contributed by atoms with Gasteiger partial charge in [0, 0.05) is 30.3 Å². The van der Waals surface area contributed by atoms with Crippen molar-refractivity contribution in [2.75, 3.05) is 0 Å². The summed E-state index contributed by atoms with van der Waals surface area (Å²) in [5.41, 5.74) is 4.02. The maximum absolute atomic E-state index is 5.89. The highest BCUT2D eigenvalue weighted by molar-refractivity contribution is 5.07. The minimum Gasteiger partial charge on any atom is -0.375 e. The van der Waals surface area contributed by atoms with E-state index < -0.39 is 0 Å². The molecule has 1 saturated heterocycles. The number of hydrogen-bond acceptors (Lipinski definition) is 4. The van der Waals surface area contributed by atoms with Crippen LogP contribution in [0.15, 0.2) is 24.4 Å². The smallest absolute Gasteiger partial charge is 0.0597 e. The van der Waals surface area contributed by atoms with Gasteiger partial charge in [-0.05, 0) is 31.9 Å². The lowest BCUT2D eigenvalue weighted by Crippen LogP contribution is -2.46. The number of nitrogens with zero attached hydrogens (tertiary/aromatic N) is 1. The fourth-order valence-electron chi connectivity index (χ4n) is 3.04. The lowest BCUT2D eigenvalue weighted by molar-refractivity contribution is 0.0475. The summed E-state index contributed by atoms with van der Waals surface area (Å²) in [4.78, 5) is 4.37. The Morgan fingerprint density at radius 3 is 2.61 bits per heavy atom. The number of nitrogens with two attached hydrogens (primary N) is 1. The van der Waals surface area contributed by atoms with E-state index in [-0.39, 0.29) is 12.1 Å². The lowest BCUT2D eigenvalue weighted by Gasteiger charge is -2.28. The summed E-state index contributed by atoms with van der Waals surface area (Å²) in [6.07, 6.45) is 3.19. The van der Waals surface area contributed by atoms with E-state index in [0.717, 1.165) is 12.1 Å². The number of rotatable bonds is 4. The third-order valence-corrected chi connectivity index (χ3v) is 4.15. The molecule has 4 nitrogen and oxygen atoms in total. The number of ether oxygens (including phenoxy) is 1. The van der Waals surface area contributed by atoms with E-state index in [2.05, 4.69) is 31.2 Å². The first kappa shape index (κ1) is 13.5. The number of pyridine rings is 1. The maximum atomic E-state index is 5.89. The molecule has 5 unspecified atom stereocenters. The van der Waals surface area contributed by atoms with Crippen LogP contribution in [-0.2, 0) is 11.2 Å². The molecule has 18 heavy (non-hydrogen) atoms. The molecule has 3 N–H and O–H groups in total. The lowest BCUT2D eigenvalue weighted by atomic mass is 9.82. The van der Waals surface area contributed by atoms with Crippen molar-refractivity contribution in [2.24, 2.45) is 17.7 Å². The first-order valence-corrected chi connectivity index (χ1v) is 6.65. The largest absolute Gasteiger partial charge is 0.375 e. The van der Waals surface area contributed by atoms with E-state index in [1.807, 2.05) is 24.4 Å². The third kappa shape index (κ3) is 2.71. The standard InChI is InChI=1S/C14H23N3O/c1-9-10(2)18-11(3)14(9)13(17-15)8-12-6-4-5-7-16-12/h4-7,9-11,13-14,17H,8,15H2,1-3H3. The molecule has 0 aromatic carbocycles. The Kier molecular flexibility index (Phi) is 4.32. The van der Waals surface area contributed by atoms with Crippen LogP contribution in [0.5, 0.6) is 0 Å². The molecule has 1 aliphatic rings. The van der Waals surface area contributed by atoms with Crippen LogP contribution in [0.2, 0.25) is 0 Å². The number of nitrogens with one attached hydrogen (secondary N) is 1. The summed E-state index contributed by atoms with van der Waals surface area (Å²) >= 11 is 0. The summed E-state index contributed by atoms with van der Waals surface area (Å²) in [5.74, 6) is 6.66. The average Bonchev–Trinajstić information content (AvgIpc) is 2.62. The van der Waals surface area contributed by atoms with Crippen LogP contribution in [0.1, 0.15) is 26.5 Å². The molecule has 0 amide bonds. The van der Waals surface area contributed by atoms with Crippen molar-refractivity contribution in [1.82, 2.24) is 10.4 Å². The molecule has 0 spiro atoms. The second-order valence-corrected chi connectivity index (χ2v) is 5.28. The highest BCUT2D eigenvalue weighted by atomic mass is 16.5. The molecule has 2 heterocycles. The fraction of sp³-hybridized carbons (Fsp3) is 0.643. The van der Waals surface area contributed by atoms with Crippen molar-refractivity contribution in [3.8, 4) is 0 Å². The van der Waals surface area contributed by atoms with E-state index in [4.69, 9.17) is 10.6 Å². The SMILES string of the molecule is CC1OC(C)C(C(Cc2ccccn2)NN)C1C. The molecule has 0 bridgehead atoms. The second kappa shape index (κ2) is 5.78. The summed E-state index contributed by atoms with van der Waals surface area (Å²) in [6.45, 7) is 6.50. The zero-order chi connectivity index (χ0) is 13.1. The van der Waals surface area contributed by atoms with E-state index in [9.17, 15) is 0 Å². The van der Waals surface area contributed by atoms with Crippen LogP contribution in [0.3, 0.4) is 0 Å². The zero-order valence-corrected chi connectivity index (χ0v) is 11.3. The molecule has 0 aliphatic carbocycles. The van der Waals surface area contributed by atoms with Gasteiger partial charge in [0.25, 0.3) is 0 Å². The Morgan fingerprint density at radius 2 is 2.11 bits per heavy atom. The molecule has 0 radical (unpaired) electrons. The van der Waals surface area contributed by atoms with Gasteiger partial charge >= 0.3 is 0 Å². The molecule has 1 aromatic heterocycles. The number of hydrazine groups is 1. The Labute approximate surface area is 109 Å². The third-order valence-electron chi connectivity index (χ3n) is 4.15. The van der Waals surface area contributed by atoms with E-state index in [0.29, 0.717) is 17.9 Å². The molecular weight excluding hydrogens is 226 g/mol. The Morgan fingerprint density at radius 1 is 1.33 bits per heavy atom. The number of aromatic nitrogens is 1. The van der Waals surface area contributed by atoms with Gasteiger partial charge in [0.2, 0.25) is 0 Å². The monoisotopic (exact) mass is 249 g/mol. The highest BCUT2D eigenvalue weighted by Crippen LogP contribution is 2.35. The number of hydrogen-bond donors (Lipinski definition) is 2. The normalized spacial score (nSPS) is 33.6. The molecule has 100 valence electrons. The molecule has 4 heteroatoms. The first-order valence-electron chi connectivity index (χ1n) is 6.65. The van der Waals surface area contributed by atoms with Crippen molar-refractivity contribution in [1.29, 1.82) is 0 Å². The Balaban J connectivity index is 2.09. The van der Waals surface area contributed by atoms with E-state index in [1.54, 1.807) is 0 Å². The van der Waals surface area contributed by atoms with E-state index in [1.165, 1.54) is 0 Å². The van der Waals surface area contributed by atoms with Crippen molar-refractivity contribution in [3.05, 3.63) is 30.1 Å². The average molecular weight is 249 g/mol.